The van der Waals surface area contributed by atoms with Crippen LogP contribution in [0.5, 0.6) is 0 Å². The van der Waals surface area contributed by atoms with Crippen LogP contribution < -0.4 is 15.5 Å². The summed E-state index contributed by atoms with van der Waals surface area (Å²) in [6.45, 7) is 7.52. The Hall–Kier alpha value is -2.01. The fraction of sp³-hybridized carbons (Fsp3) is 0.848. The zero-order valence-corrected chi connectivity index (χ0v) is 26.3. The fourth-order valence-corrected chi connectivity index (χ4v) is 8.19. The molecular formula is C33H57N7O3. The standard InChI is InChI=1S/C33H55N7O3.H2/c41-32(30-25-34-17-24-43-30)40(27-14-22-42-23-15-27)21-13-29-28(11-8-20-39(29)26-9-4-3-5-10-26)36-33-35-16-12-31(37-33)38-18-6-1-2-7-19-38;/h12,16,26-30,34H,1-11,13-15,17-25H2,(H,35,36,37);1H/t28-,29+,30?;/m0./s1. The Morgan fingerprint density at radius 2 is 1.77 bits per heavy atom. The number of hydrogen-bond acceptors (Lipinski definition) is 9. The first-order chi connectivity index (χ1) is 21.3. The molecule has 4 aliphatic heterocycles. The summed E-state index contributed by atoms with van der Waals surface area (Å²) in [5.74, 6) is 1.95. The zero-order chi connectivity index (χ0) is 29.3. The van der Waals surface area contributed by atoms with Crippen LogP contribution in [0.15, 0.2) is 12.3 Å². The van der Waals surface area contributed by atoms with Crippen LogP contribution >= 0.6 is 0 Å². The van der Waals surface area contributed by atoms with Gasteiger partial charge in [-0.05, 0) is 70.4 Å². The van der Waals surface area contributed by atoms with Gasteiger partial charge >= 0.3 is 0 Å². The Labute approximate surface area is 260 Å². The first-order valence-corrected chi connectivity index (χ1v) is 17.6. The third kappa shape index (κ3) is 8.18. The lowest BCUT2D eigenvalue weighted by Gasteiger charge is -2.48. The fourth-order valence-electron chi connectivity index (χ4n) is 8.19. The summed E-state index contributed by atoms with van der Waals surface area (Å²) < 4.78 is 11.7. The van der Waals surface area contributed by atoms with E-state index in [4.69, 9.17) is 19.4 Å². The van der Waals surface area contributed by atoms with Crippen molar-refractivity contribution in [2.75, 3.05) is 69.3 Å². The highest BCUT2D eigenvalue weighted by molar-refractivity contribution is 5.81. The molecule has 6 rings (SSSR count). The smallest absolute Gasteiger partial charge is 0.253 e. The van der Waals surface area contributed by atoms with Gasteiger partial charge in [0.05, 0.1) is 6.61 Å². The van der Waals surface area contributed by atoms with Gasteiger partial charge in [0.2, 0.25) is 5.95 Å². The number of nitrogens with one attached hydrogen (secondary N) is 2. The highest BCUT2D eigenvalue weighted by Crippen LogP contribution is 2.32. The molecule has 1 saturated carbocycles. The van der Waals surface area contributed by atoms with Gasteiger partial charge in [-0.2, -0.15) is 4.98 Å². The van der Waals surface area contributed by atoms with Crippen molar-refractivity contribution in [3.63, 3.8) is 0 Å². The Morgan fingerprint density at radius 3 is 2.53 bits per heavy atom. The molecule has 5 aliphatic rings. The average molecular weight is 600 g/mol. The summed E-state index contributed by atoms with van der Waals surface area (Å²) in [5, 5.41) is 7.20. The van der Waals surface area contributed by atoms with Gasteiger partial charge in [0.25, 0.3) is 5.91 Å². The minimum atomic E-state index is -0.388. The van der Waals surface area contributed by atoms with E-state index < -0.39 is 0 Å². The minimum absolute atomic E-state index is 0. The summed E-state index contributed by atoms with van der Waals surface area (Å²) in [7, 11) is 0. The van der Waals surface area contributed by atoms with Crippen molar-refractivity contribution in [3.05, 3.63) is 12.3 Å². The van der Waals surface area contributed by atoms with Gasteiger partial charge in [-0.1, -0.05) is 32.1 Å². The number of morpholine rings is 1. The molecule has 10 nitrogen and oxygen atoms in total. The average Bonchev–Trinajstić information content (AvgIpc) is 3.37. The van der Waals surface area contributed by atoms with Gasteiger partial charge in [-0.3, -0.25) is 9.69 Å². The second kappa shape index (κ2) is 15.8. The third-order valence-corrected chi connectivity index (χ3v) is 10.5. The molecule has 1 aromatic rings. The molecule has 0 radical (unpaired) electrons. The molecule has 3 atom stereocenters. The predicted molar refractivity (Wildman–Crippen MR) is 172 cm³/mol. The monoisotopic (exact) mass is 599 g/mol. The lowest BCUT2D eigenvalue weighted by molar-refractivity contribution is -0.150. The molecule has 0 bridgehead atoms. The van der Waals surface area contributed by atoms with Crippen molar-refractivity contribution in [1.29, 1.82) is 0 Å². The van der Waals surface area contributed by atoms with Gasteiger partial charge in [0, 0.05) is 77.7 Å². The number of carbonyl (C=O) groups is 1. The quantitative estimate of drug-likeness (QED) is 0.436. The van der Waals surface area contributed by atoms with E-state index in [0.717, 1.165) is 83.4 Å². The Morgan fingerprint density at radius 1 is 0.977 bits per heavy atom. The molecular weight excluding hydrogens is 542 g/mol. The van der Waals surface area contributed by atoms with Gasteiger partial charge in [0.15, 0.2) is 0 Å². The van der Waals surface area contributed by atoms with E-state index in [1.807, 2.05) is 6.20 Å². The van der Waals surface area contributed by atoms with Crippen molar-refractivity contribution in [1.82, 2.24) is 25.1 Å². The van der Waals surface area contributed by atoms with Crippen LogP contribution in [0.4, 0.5) is 11.8 Å². The summed E-state index contributed by atoms with van der Waals surface area (Å²) in [5.41, 5.74) is 0. The van der Waals surface area contributed by atoms with Crippen molar-refractivity contribution in [2.45, 2.75) is 120 Å². The molecule has 5 fully saturated rings. The van der Waals surface area contributed by atoms with Crippen molar-refractivity contribution in [3.8, 4) is 0 Å². The van der Waals surface area contributed by atoms with Gasteiger partial charge < -0.3 is 29.9 Å². The number of amides is 1. The first kappa shape index (κ1) is 31.0. The summed E-state index contributed by atoms with van der Waals surface area (Å²) >= 11 is 0. The second-order valence-electron chi connectivity index (χ2n) is 13.4. The Kier molecular flexibility index (Phi) is 11.4. The molecule has 1 amide bonds. The van der Waals surface area contributed by atoms with Crippen LogP contribution in [0.1, 0.15) is 91.3 Å². The molecule has 4 saturated heterocycles. The number of likely N-dealkylation sites (tertiary alicyclic amines) is 1. The SMILES string of the molecule is O=C(C1CNCCO1)N(CC[C@@H]1[C@@H](Nc2nccc(N3CCCCCC3)n2)CCCN1C1CCCCC1)C1CCOCC1.[HH]. The number of rotatable bonds is 9. The van der Waals surface area contributed by atoms with E-state index in [1.54, 1.807) is 0 Å². The van der Waals surface area contributed by atoms with Crippen molar-refractivity contribution in [2.24, 2.45) is 0 Å². The normalized spacial score (nSPS) is 28.7. The van der Waals surface area contributed by atoms with E-state index in [1.165, 1.54) is 64.2 Å². The molecule has 2 N–H and O–H groups in total. The number of anilines is 2. The number of aromatic nitrogens is 2. The van der Waals surface area contributed by atoms with E-state index in [0.29, 0.717) is 25.2 Å². The summed E-state index contributed by atoms with van der Waals surface area (Å²) in [6.07, 6.45) is 18.2. The van der Waals surface area contributed by atoms with Gasteiger partial charge in [0.1, 0.15) is 11.9 Å². The van der Waals surface area contributed by atoms with E-state index in [9.17, 15) is 4.79 Å². The van der Waals surface area contributed by atoms with Crippen LogP contribution in [0.2, 0.25) is 0 Å². The highest BCUT2D eigenvalue weighted by atomic mass is 16.5. The number of carbonyl (C=O) groups excluding carboxylic acids is 1. The number of ether oxygens (including phenoxy) is 2. The molecule has 10 heteroatoms. The maximum atomic E-state index is 13.9. The van der Waals surface area contributed by atoms with Crippen LogP contribution in [-0.2, 0) is 14.3 Å². The highest BCUT2D eigenvalue weighted by Gasteiger charge is 2.38. The number of piperidine rings is 1. The molecule has 0 spiro atoms. The molecule has 1 aliphatic carbocycles. The third-order valence-electron chi connectivity index (χ3n) is 10.5. The van der Waals surface area contributed by atoms with Crippen molar-refractivity contribution < 1.29 is 15.7 Å². The first-order valence-electron chi connectivity index (χ1n) is 17.6. The molecule has 1 unspecified atom stereocenters. The Balaban J connectivity index is 0.00000384. The lowest BCUT2D eigenvalue weighted by atomic mass is 9.87. The molecule has 1 aromatic heterocycles. The van der Waals surface area contributed by atoms with E-state index in [2.05, 4.69) is 31.4 Å². The Bertz CT molecular complexity index is 995. The van der Waals surface area contributed by atoms with E-state index in [-0.39, 0.29) is 25.5 Å². The molecule has 0 aromatic carbocycles. The maximum absolute atomic E-state index is 13.9. The number of hydrogen-bond donors (Lipinski definition) is 2. The summed E-state index contributed by atoms with van der Waals surface area (Å²) in [6, 6.07) is 3.52. The van der Waals surface area contributed by atoms with Crippen LogP contribution in [-0.4, -0.2) is 115 Å². The van der Waals surface area contributed by atoms with Gasteiger partial charge in [-0.15, -0.1) is 0 Å². The van der Waals surface area contributed by atoms with Crippen LogP contribution in [0, 0.1) is 0 Å². The second-order valence-corrected chi connectivity index (χ2v) is 13.4. The molecule has 5 heterocycles. The van der Waals surface area contributed by atoms with Crippen LogP contribution in [0.25, 0.3) is 0 Å². The minimum Gasteiger partial charge on any atom is -0.381 e. The maximum Gasteiger partial charge on any atom is 0.253 e. The lowest BCUT2D eigenvalue weighted by Crippen LogP contribution is -2.58. The largest absolute Gasteiger partial charge is 0.381 e. The zero-order valence-electron chi connectivity index (χ0n) is 26.3. The molecule has 43 heavy (non-hydrogen) atoms. The predicted octanol–water partition coefficient (Wildman–Crippen LogP) is 4.07. The van der Waals surface area contributed by atoms with Gasteiger partial charge in [-0.25, -0.2) is 4.98 Å². The number of nitrogens with zero attached hydrogens (tertiary/aromatic N) is 5. The van der Waals surface area contributed by atoms with Crippen LogP contribution in [0.3, 0.4) is 0 Å². The summed E-state index contributed by atoms with van der Waals surface area (Å²) in [4.78, 5) is 31.1. The van der Waals surface area contributed by atoms with Crippen molar-refractivity contribution >= 4 is 17.7 Å². The topological polar surface area (TPSA) is 95.1 Å². The van der Waals surface area contributed by atoms with E-state index >= 15 is 0 Å². The molecule has 242 valence electrons.